The predicted molar refractivity (Wildman–Crippen MR) is 120 cm³/mol. The number of rotatable bonds is 5. The summed E-state index contributed by atoms with van der Waals surface area (Å²) >= 11 is 3.34. The minimum absolute atomic E-state index is 0.165. The number of benzene rings is 3. The van der Waals surface area contributed by atoms with E-state index >= 15 is 0 Å². The van der Waals surface area contributed by atoms with E-state index < -0.39 is 11.7 Å². The third-order valence-electron chi connectivity index (χ3n) is 4.46. The molecule has 0 spiro atoms. The number of nitrogens with zero attached hydrogens (tertiary/aromatic N) is 2. The molecule has 0 saturated carbocycles. The summed E-state index contributed by atoms with van der Waals surface area (Å²) in [6, 6.07) is 21.4. The monoisotopic (exact) mass is 478 g/mol. The van der Waals surface area contributed by atoms with Crippen LogP contribution >= 0.6 is 15.9 Å². The van der Waals surface area contributed by atoms with Gasteiger partial charge in [-0.05, 0) is 60.7 Å². The molecular formula is C23H16BrFN4O2. The Labute approximate surface area is 185 Å². The van der Waals surface area contributed by atoms with Gasteiger partial charge in [0.05, 0.1) is 11.9 Å². The molecule has 0 radical (unpaired) electrons. The van der Waals surface area contributed by atoms with Gasteiger partial charge in [0.1, 0.15) is 17.2 Å². The van der Waals surface area contributed by atoms with Gasteiger partial charge in [-0.25, -0.2) is 9.07 Å². The standard InChI is InChI=1S/C23H16BrFN4O2/c24-16-8-6-15(7-9-16)22(30)28-21-20(14-26-29(21)19-4-2-1-3-5-19)23(31)27-18-12-10-17(25)11-13-18/h1-14H,(H,27,31)(H,28,30). The van der Waals surface area contributed by atoms with Crippen molar-refractivity contribution >= 4 is 39.2 Å². The lowest BCUT2D eigenvalue weighted by molar-refractivity contribution is 0.102. The fraction of sp³-hybridized carbons (Fsp3) is 0. The molecule has 0 aliphatic rings. The zero-order valence-corrected chi connectivity index (χ0v) is 17.6. The van der Waals surface area contributed by atoms with Crippen LogP contribution in [-0.4, -0.2) is 21.6 Å². The van der Waals surface area contributed by atoms with Gasteiger partial charge in [-0.2, -0.15) is 5.10 Å². The molecule has 1 aromatic heterocycles. The van der Waals surface area contributed by atoms with Gasteiger partial charge in [0, 0.05) is 15.7 Å². The third-order valence-corrected chi connectivity index (χ3v) is 4.98. The molecule has 0 aliphatic heterocycles. The maximum Gasteiger partial charge on any atom is 0.261 e. The fourth-order valence-electron chi connectivity index (χ4n) is 2.91. The zero-order valence-electron chi connectivity index (χ0n) is 16.0. The summed E-state index contributed by atoms with van der Waals surface area (Å²) in [5, 5.41) is 9.79. The molecule has 0 saturated heterocycles. The number of hydrogen-bond donors (Lipinski definition) is 2. The number of carbonyl (C=O) groups excluding carboxylic acids is 2. The highest BCUT2D eigenvalue weighted by atomic mass is 79.9. The van der Waals surface area contributed by atoms with Crippen molar-refractivity contribution in [3.63, 3.8) is 0 Å². The van der Waals surface area contributed by atoms with E-state index in [1.165, 1.54) is 35.1 Å². The molecule has 0 fully saturated rings. The maximum absolute atomic E-state index is 13.2. The Morgan fingerprint density at radius 2 is 1.52 bits per heavy atom. The second-order valence-electron chi connectivity index (χ2n) is 6.58. The highest BCUT2D eigenvalue weighted by Gasteiger charge is 2.21. The van der Waals surface area contributed by atoms with Crippen LogP contribution in [0.4, 0.5) is 15.9 Å². The first-order chi connectivity index (χ1) is 15.0. The molecule has 8 heteroatoms. The van der Waals surface area contributed by atoms with Crippen molar-refractivity contribution in [3.8, 4) is 5.69 Å². The van der Waals surface area contributed by atoms with E-state index in [9.17, 15) is 14.0 Å². The Bertz CT molecular complexity index is 1220. The quantitative estimate of drug-likeness (QED) is 0.409. The van der Waals surface area contributed by atoms with E-state index in [0.717, 1.165) is 4.47 Å². The molecular weight excluding hydrogens is 463 g/mol. The van der Waals surface area contributed by atoms with Crippen LogP contribution in [0.15, 0.2) is 89.5 Å². The molecule has 2 amide bonds. The largest absolute Gasteiger partial charge is 0.322 e. The van der Waals surface area contributed by atoms with Crippen molar-refractivity contribution in [3.05, 3.63) is 106 Å². The summed E-state index contributed by atoms with van der Waals surface area (Å²) in [6.07, 6.45) is 1.38. The number of nitrogens with one attached hydrogen (secondary N) is 2. The maximum atomic E-state index is 13.2. The number of halogens is 2. The summed E-state index contributed by atoms with van der Waals surface area (Å²) in [5.41, 5.74) is 1.69. The second kappa shape index (κ2) is 8.93. The molecule has 4 aromatic rings. The minimum Gasteiger partial charge on any atom is -0.322 e. The molecule has 0 bridgehead atoms. The van der Waals surface area contributed by atoms with Gasteiger partial charge in [-0.15, -0.1) is 0 Å². The average Bonchev–Trinajstić information content (AvgIpc) is 3.20. The predicted octanol–water partition coefficient (Wildman–Crippen LogP) is 5.28. The Kier molecular flexibility index (Phi) is 5.90. The summed E-state index contributed by atoms with van der Waals surface area (Å²) < 4.78 is 15.5. The Hall–Kier alpha value is -3.78. The smallest absolute Gasteiger partial charge is 0.261 e. The molecule has 4 rings (SSSR count). The number of anilines is 2. The van der Waals surface area contributed by atoms with Crippen molar-refractivity contribution in [2.45, 2.75) is 0 Å². The summed E-state index contributed by atoms with van der Waals surface area (Å²) in [6.45, 7) is 0. The first-order valence-electron chi connectivity index (χ1n) is 9.28. The molecule has 0 atom stereocenters. The Morgan fingerprint density at radius 3 is 2.19 bits per heavy atom. The zero-order chi connectivity index (χ0) is 21.8. The van der Waals surface area contributed by atoms with E-state index in [-0.39, 0.29) is 17.3 Å². The lowest BCUT2D eigenvalue weighted by Crippen LogP contribution is -2.19. The highest BCUT2D eigenvalue weighted by molar-refractivity contribution is 9.10. The molecule has 0 unspecified atom stereocenters. The normalized spacial score (nSPS) is 10.5. The molecule has 0 aliphatic carbocycles. The average molecular weight is 479 g/mol. The van der Waals surface area contributed by atoms with Gasteiger partial charge >= 0.3 is 0 Å². The van der Waals surface area contributed by atoms with Crippen LogP contribution in [0.1, 0.15) is 20.7 Å². The first kappa shape index (κ1) is 20.5. The summed E-state index contributed by atoms with van der Waals surface area (Å²) in [5.74, 6) is -1.06. The van der Waals surface area contributed by atoms with Gasteiger partial charge in [-0.1, -0.05) is 34.1 Å². The summed E-state index contributed by atoms with van der Waals surface area (Å²) in [4.78, 5) is 25.7. The van der Waals surface area contributed by atoms with Crippen molar-refractivity contribution in [1.29, 1.82) is 0 Å². The van der Waals surface area contributed by atoms with E-state index in [0.29, 0.717) is 16.9 Å². The lowest BCUT2D eigenvalue weighted by atomic mass is 10.2. The topological polar surface area (TPSA) is 76.0 Å². The van der Waals surface area contributed by atoms with Crippen LogP contribution in [0.3, 0.4) is 0 Å². The lowest BCUT2D eigenvalue weighted by Gasteiger charge is -2.12. The Balaban J connectivity index is 1.68. The minimum atomic E-state index is -0.486. The molecule has 3 aromatic carbocycles. The third kappa shape index (κ3) is 4.70. The summed E-state index contributed by atoms with van der Waals surface area (Å²) in [7, 11) is 0. The number of amides is 2. The van der Waals surface area contributed by atoms with Gasteiger partial charge in [-0.3, -0.25) is 9.59 Å². The van der Waals surface area contributed by atoms with Crippen LogP contribution < -0.4 is 10.6 Å². The van der Waals surface area contributed by atoms with Crippen LogP contribution in [0.5, 0.6) is 0 Å². The van der Waals surface area contributed by atoms with Gasteiger partial charge in [0.15, 0.2) is 0 Å². The van der Waals surface area contributed by atoms with Gasteiger partial charge < -0.3 is 10.6 Å². The Morgan fingerprint density at radius 1 is 0.839 bits per heavy atom. The van der Waals surface area contributed by atoms with Crippen molar-refractivity contribution < 1.29 is 14.0 Å². The van der Waals surface area contributed by atoms with E-state index in [1.807, 2.05) is 30.3 Å². The van der Waals surface area contributed by atoms with Crippen molar-refractivity contribution in [1.82, 2.24) is 9.78 Å². The molecule has 6 nitrogen and oxygen atoms in total. The van der Waals surface area contributed by atoms with Crippen molar-refractivity contribution in [2.75, 3.05) is 10.6 Å². The highest BCUT2D eigenvalue weighted by Crippen LogP contribution is 2.23. The number of carbonyl (C=O) groups is 2. The van der Waals surface area contributed by atoms with Crippen LogP contribution in [0, 0.1) is 5.82 Å². The fourth-order valence-corrected chi connectivity index (χ4v) is 3.18. The molecule has 31 heavy (non-hydrogen) atoms. The number of para-hydroxylation sites is 1. The van der Waals surface area contributed by atoms with Gasteiger partial charge in [0.25, 0.3) is 11.8 Å². The molecule has 1 heterocycles. The van der Waals surface area contributed by atoms with E-state index in [1.54, 1.807) is 24.3 Å². The molecule has 154 valence electrons. The number of hydrogen-bond acceptors (Lipinski definition) is 3. The SMILES string of the molecule is O=C(Nc1c(C(=O)Nc2ccc(F)cc2)cnn1-c1ccccc1)c1ccc(Br)cc1. The van der Waals surface area contributed by atoms with Gasteiger partial charge in [0.2, 0.25) is 0 Å². The van der Waals surface area contributed by atoms with E-state index in [4.69, 9.17) is 0 Å². The van der Waals surface area contributed by atoms with Crippen LogP contribution in [0.25, 0.3) is 5.69 Å². The van der Waals surface area contributed by atoms with Crippen LogP contribution in [0.2, 0.25) is 0 Å². The first-order valence-corrected chi connectivity index (χ1v) is 10.1. The van der Waals surface area contributed by atoms with E-state index in [2.05, 4.69) is 31.7 Å². The second-order valence-corrected chi connectivity index (χ2v) is 7.49. The molecule has 2 N–H and O–H groups in total. The number of aromatic nitrogens is 2. The van der Waals surface area contributed by atoms with Crippen LogP contribution in [-0.2, 0) is 0 Å². The van der Waals surface area contributed by atoms with Crippen molar-refractivity contribution in [2.24, 2.45) is 0 Å².